The van der Waals surface area contributed by atoms with Gasteiger partial charge in [0.15, 0.2) is 5.11 Å². The number of rotatable bonds is 4. The van der Waals surface area contributed by atoms with Gasteiger partial charge in [-0.2, -0.15) is 0 Å². The number of hydrogen-bond acceptors (Lipinski definition) is 5. The third-order valence-corrected chi connectivity index (χ3v) is 7.76. The lowest BCUT2D eigenvalue weighted by Gasteiger charge is -2.18. The number of primary amides is 1. The summed E-state index contributed by atoms with van der Waals surface area (Å²) in [5, 5.41) is 8.22. The molecule has 166 valence electrons. The van der Waals surface area contributed by atoms with Crippen LogP contribution in [0.15, 0.2) is 34.8 Å². The molecule has 0 bridgehead atoms. The monoisotopic (exact) mass is 531 g/mol. The van der Waals surface area contributed by atoms with Crippen LogP contribution >= 0.6 is 39.5 Å². The smallest absolute Gasteiger partial charge is 0.261 e. The molecule has 9 heteroatoms. The normalized spacial score (nSPS) is 15.2. The Kier molecular flexibility index (Phi) is 6.50. The highest BCUT2D eigenvalue weighted by molar-refractivity contribution is 9.10. The van der Waals surface area contributed by atoms with Crippen molar-refractivity contribution in [3.05, 3.63) is 56.4 Å². The molecule has 1 heterocycles. The molecular weight excluding hydrogens is 510 g/mol. The van der Waals surface area contributed by atoms with E-state index in [-0.39, 0.29) is 5.11 Å². The van der Waals surface area contributed by atoms with Crippen molar-refractivity contribution >= 4 is 72.2 Å². The molecule has 0 unspecified atom stereocenters. The summed E-state index contributed by atoms with van der Waals surface area (Å²) in [6, 6.07) is 9.45. The number of ether oxygens (including phenoxy) is 1. The molecule has 1 aliphatic carbocycles. The zero-order valence-electron chi connectivity index (χ0n) is 17.6. The lowest BCUT2D eigenvalue weighted by atomic mass is 9.88. The van der Waals surface area contributed by atoms with Gasteiger partial charge in [-0.1, -0.05) is 31.2 Å². The van der Waals surface area contributed by atoms with Gasteiger partial charge in [0.25, 0.3) is 11.8 Å². The number of halogens is 1. The minimum atomic E-state index is -0.492. The van der Waals surface area contributed by atoms with Crippen molar-refractivity contribution in [2.75, 3.05) is 12.4 Å². The highest BCUT2D eigenvalue weighted by Crippen LogP contribution is 2.40. The number of thiophene rings is 1. The number of nitrogens with one attached hydrogen (secondary N) is 2. The van der Waals surface area contributed by atoms with E-state index in [1.807, 2.05) is 24.3 Å². The molecule has 2 amide bonds. The van der Waals surface area contributed by atoms with E-state index in [2.05, 4.69) is 33.5 Å². The maximum Gasteiger partial charge on any atom is 0.261 e. The lowest BCUT2D eigenvalue weighted by molar-refractivity contribution is 0.0972. The first-order valence-electron chi connectivity index (χ1n) is 10.1. The van der Waals surface area contributed by atoms with Crippen molar-refractivity contribution in [2.45, 2.75) is 26.2 Å². The van der Waals surface area contributed by atoms with Crippen molar-refractivity contribution < 1.29 is 14.3 Å². The summed E-state index contributed by atoms with van der Waals surface area (Å²) in [6.45, 7) is 2.19. The van der Waals surface area contributed by atoms with Crippen molar-refractivity contribution in [3.8, 4) is 5.75 Å². The molecule has 32 heavy (non-hydrogen) atoms. The zero-order chi connectivity index (χ0) is 23.0. The summed E-state index contributed by atoms with van der Waals surface area (Å²) in [5.41, 5.74) is 7.48. The van der Waals surface area contributed by atoms with E-state index in [1.54, 1.807) is 6.07 Å². The van der Waals surface area contributed by atoms with Crippen molar-refractivity contribution in [1.82, 2.24) is 5.32 Å². The first kappa shape index (κ1) is 22.7. The third kappa shape index (κ3) is 4.24. The number of benzene rings is 2. The molecule has 4 N–H and O–H groups in total. The molecule has 2 aromatic carbocycles. The van der Waals surface area contributed by atoms with Crippen LogP contribution in [0.25, 0.3) is 10.8 Å². The standard InChI is InChI=1S/C23H22BrN3O3S2/c1-11-7-8-14-16(9-11)32-22(17(14)20(25)28)27-23(31)26-21(29)15-10-12-5-3-4-6-13(12)18(24)19(15)30-2/h3-6,10-11H,7-9H2,1-2H3,(H2,25,28)(H2,26,27,29,31)/t11-/m0/s1. The highest BCUT2D eigenvalue weighted by atomic mass is 79.9. The Labute approximate surface area is 203 Å². The molecule has 0 spiro atoms. The molecule has 3 aromatic rings. The number of carbonyl (C=O) groups is 2. The summed E-state index contributed by atoms with van der Waals surface area (Å²) < 4.78 is 6.18. The van der Waals surface area contributed by atoms with Gasteiger partial charge in [-0.3, -0.25) is 14.9 Å². The summed E-state index contributed by atoms with van der Waals surface area (Å²) in [6.07, 6.45) is 2.74. The Balaban J connectivity index is 1.60. The van der Waals surface area contributed by atoms with Gasteiger partial charge >= 0.3 is 0 Å². The maximum absolute atomic E-state index is 13.0. The van der Waals surface area contributed by atoms with Crippen LogP contribution in [0.4, 0.5) is 5.00 Å². The van der Waals surface area contributed by atoms with Crippen LogP contribution in [0.3, 0.4) is 0 Å². The molecular formula is C23H22BrN3O3S2. The maximum atomic E-state index is 13.0. The van der Waals surface area contributed by atoms with Crippen LogP contribution in [0.1, 0.15) is 44.5 Å². The molecule has 0 radical (unpaired) electrons. The van der Waals surface area contributed by atoms with E-state index < -0.39 is 11.8 Å². The largest absolute Gasteiger partial charge is 0.495 e. The van der Waals surface area contributed by atoms with Crippen LogP contribution in [0, 0.1) is 5.92 Å². The van der Waals surface area contributed by atoms with E-state index in [0.29, 0.717) is 32.3 Å². The van der Waals surface area contributed by atoms with Crippen LogP contribution in [-0.4, -0.2) is 24.0 Å². The molecule has 6 nitrogen and oxygen atoms in total. The fourth-order valence-corrected chi connectivity index (χ4v) is 6.47. The van der Waals surface area contributed by atoms with E-state index >= 15 is 0 Å². The number of carbonyl (C=O) groups excluding carboxylic acids is 2. The first-order valence-corrected chi connectivity index (χ1v) is 12.1. The van der Waals surface area contributed by atoms with Crippen molar-refractivity contribution in [2.24, 2.45) is 11.7 Å². The van der Waals surface area contributed by atoms with Gasteiger partial charge in [0.2, 0.25) is 0 Å². The van der Waals surface area contributed by atoms with E-state index in [9.17, 15) is 9.59 Å². The summed E-state index contributed by atoms with van der Waals surface area (Å²) in [7, 11) is 1.51. The second-order valence-electron chi connectivity index (χ2n) is 7.82. The third-order valence-electron chi connectivity index (χ3n) is 5.60. The predicted molar refractivity (Wildman–Crippen MR) is 136 cm³/mol. The van der Waals surface area contributed by atoms with Crippen LogP contribution in [0.2, 0.25) is 0 Å². The minimum absolute atomic E-state index is 0.0930. The van der Waals surface area contributed by atoms with E-state index in [4.69, 9.17) is 22.7 Å². The predicted octanol–water partition coefficient (Wildman–Crippen LogP) is 5.02. The molecule has 1 aliphatic rings. The van der Waals surface area contributed by atoms with Gasteiger partial charge in [-0.05, 0) is 75.7 Å². The molecule has 0 fully saturated rings. The number of hydrogen-bond donors (Lipinski definition) is 3. The molecule has 4 rings (SSSR count). The average molecular weight is 532 g/mol. The van der Waals surface area contributed by atoms with Crippen LogP contribution in [0.5, 0.6) is 5.75 Å². The van der Waals surface area contributed by atoms with Gasteiger partial charge < -0.3 is 15.8 Å². The summed E-state index contributed by atoms with van der Waals surface area (Å²) in [4.78, 5) is 26.3. The van der Waals surface area contributed by atoms with Crippen LogP contribution in [-0.2, 0) is 12.8 Å². The fourth-order valence-electron chi connectivity index (χ4n) is 4.06. The molecule has 0 aliphatic heterocycles. The van der Waals surface area contributed by atoms with Gasteiger partial charge in [0, 0.05) is 4.88 Å². The first-order chi connectivity index (χ1) is 15.3. The Morgan fingerprint density at radius 1 is 1.31 bits per heavy atom. The Morgan fingerprint density at radius 3 is 2.78 bits per heavy atom. The summed E-state index contributed by atoms with van der Waals surface area (Å²) in [5.74, 6) is 0.0674. The fraction of sp³-hybridized carbons (Fsp3) is 0.261. The summed E-state index contributed by atoms with van der Waals surface area (Å²) >= 11 is 10.4. The zero-order valence-corrected chi connectivity index (χ0v) is 20.8. The quantitative estimate of drug-likeness (QED) is 0.411. The van der Waals surface area contributed by atoms with Crippen molar-refractivity contribution in [1.29, 1.82) is 0 Å². The molecule has 0 saturated carbocycles. The van der Waals surface area contributed by atoms with E-state index in [1.165, 1.54) is 18.4 Å². The number of nitrogens with two attached hydrogens (primary N) is 1. The van der Waals surface area contributed by atoms with Gasteiger partial charge in [0.05, 0.1) is 22.7 Å². The Bertz CT molecular complexity index is 1260. The van der Waals surface area contributed by atoms with E-state index in [0.717, 1.165) is 40.5 Å². The number of amides is 2. The second-order valence-corrected chi connectivity index (χ2v) is 10.1. The van der Waals surface area contributed by atoms with Gasteiger partial charge in [-0.15, -0.1) is 11.3 Å². The molecule has 1 atom stereocenters. The highest BCUT2D eigenvalue weighted by Gasteiger charge is 2.27. The molecule has 1 aromatic heterocycles. The second kappa shape index (κ2) is 9.17. The number of fused-ring (bicyclic) bond motifs is 2. The number of anilines is 1. The SMILES string of the molecule is COc1c(C(=O)NC(=S)Nc2sc3c(c2C(N)=O)CC[C@H](C)C3)cc2ccccc2c1Br. The minimum Gasteiger partial charge on any atom is -0.495 e. The average Bonchev–Trinajstić information content (AvgIpc) is 3.10. The van der Waals surface area contributed by atoms with Crippen molar-refractivity contribution in [3.63, 3.8) is 0 Å². The molecule has 0 saturated heterocycles. The lowest BCUT2D eigenvalue weighted by Crippen LogP contribution is -2.34. The van der Waals surface area contributed by atoms with Gasteiger partial charge in [0.1, 0.15) is 10.8 Å². The Hall–Kier alpha value is -2.49. The van der Waals surface area contributed by atoms with Crippen LogP contribution < -0.4 is 21.1 Å². The Morgan fingerprint density at radius 2 is 2.06 bits per heavy atom. The van der Waals surface area contributed by atoms with Gasteiger partial charge in [-0.25, -0.2) is 0 Å². The number of methoxy groups -OCH3 is 1. The number of thiocarbonyl (C=S) groups is 1. The topological polar surface area (TPSA) is 93.4 Å².